The second kappa shape index (κ2) is 6.31. The first-order valence-corrected chi connectivity index (χ1v) is 10.7. The average Bonchev–Trinajstić information content (AvgIpc) is 3.34. The van der Waals surface area contributed by atoms with Gasteiger partial charge in [0.15, 0.2) is 4.34 Å². The van der Waals surface area contributed by atoms with Crippen molar-refractivity contribution < 1.29 is 9.32 Å². The quantitative estimate of drug-likeness (QED) is 0.489. The number of hydrogen-bond acceptors (Lipinski definition) is 7. The third-order valence-electron chi connectivity index (χ3n) is 4.68. The molecule has 8 heteroatoms. The van der Waals surface area contributed by atoms with Crippen LogP contribution in [0.15, 0.2) is 33.1 Å². The number of aromatic nitrogens is 3. The number of carbonyl (C=O) groups is 1. The second-order valence-corrected chi connectivity index (χ2v) is 8.72. The molecular formula is C19H16N4O2S2. The number of fused-ring (bicyclic) bond motifs is 2. The first-order valence-electron chi connectivity index (χ1n) is 8.65. The molecule has 0 unspecified atom stereocenters. The van der Waals surface area contributed by atoms with E-state index in [0.717, 1.165) is 38.8 Å². The van der Waals surface area contributed by atoms with Crippen LogP contribution in [-0.4, -0.2) is 27.3 Å². The number of hydrogen-bond donors (Lipinski definition) is 1. The van der Waals surface area contributed by atoms with Crippen LogP contribution >= 0.6 is 23.1 Å². The number of amides is 1. The van der Waals surface area contributed by atoms with Crippen LogP contribution in [0, 0.1) is 6.92 Å². The number of anilines is 1. The van der Waals surface area contributed by atoms with E-state index in [1.54, 1.807) is 23.1 Å². The monoisotopic (exact) mass is 396 g/mol. The van der Waals surface area contributed by atoms with Gasteiger partial charge < -0.3 is 9.84 Å². The van der Waals surface area contributed by atoms with E-state index < -0.39 is 0 Å². The summed E-state index contributed by atoms with van der Waals surface area (Å²) in [4.78, 5) is 22.1. The van der Waals surface area contributed by atoms with Crippen LogP contribution in [0.1, 0.15) is 40.5 Å². The van der Waals surface area contributed by atoms with Gasteiger partial charge in [-0.2, -0.15) is 0 Å². The van der Waals surface area contributed by atoms with Crippen molar-refractivity contribution in [2.24, 2.45) is 0 Å². The van der Waals surface area contributed by atoms with Crippen molar-refractivity contribution in [2.45, 2.75) is 30.0 Å². The summed E-state index contributed by atoms with van der Waals surface area (Å²) in [7, 11) is 0. The zero-order valence-corrected chi connectivity index (χ0v) is 16.4. The summed E-state index contributed by atoms with van der Waals surface area (Å²) >= 11 is 3.24. The minimum Gasteiger partial charge on any atom is -0.336 e. The lowest BCUT2D eigenvalue weighted by Crippen LogP contribution is -2.13. The number of nitrogens with one attached hydrogen (secondary N) is 1. The summed E-state index contributed by atoms with van der Waals surface area (Å²) in [6, 6.07) is 7.66. The van der Waals surface area contributed by atoms with Crippen LogP contribution in [0.25, 0.3) is 21.3 Å². The number of thioether (sulfide) groups is 1. The predicted octanol–water partition coefficient (Wildman–Crippen LogP) is 4.99. The van der Waals surface area contributed by atoms with Gasteiger partial charge in [-0.25, -0.2) is 9.97 Å². The molecule has 1 N–H and O–H groups in total. The third kappa shape index (κ3) is 2.98. The van der Waals surface area contributed by atoms with E-state index in [9.17, 15) is 4.79 Å². The molecule has 1 aliphatic rings. The SMILES string of the molecule is CSc1nc2ccc(NC(=O)c3cc(C4CC4)nc4onc(C)c34)cc2s1. The van der Waals surface area contributed by atoms with Crippen molar-refractivity contribution in [3.05, 3.63) is 41.2 Å². The van der Waals surface area contributed by atoms with E-state index in [0.29, 0.717) is 28.3 Å². The molecule has 1 fully saturated rings. The maximum atomic E-state index is 13.0. The number of pyridine rings is 1. The smallest absolute Gasteiger partial charge is 0.259 e. The molecule has 1 aromatic carbocycles. The first-order chi connectivity index (χ1) is 13.1. The minimum atomic E-state index is -0.176. The van der Waals surface area contributed by atoms with Gasteiger partial charge in [0.25, 0.3) is 11.6 Å². The van der Waals surface area contributed by atoms with Crippen LogP contribution in [0.4, 0.5) is 5.69 Å². The highest BCUT2D eigenvalue weighted by molar-refractivity contribution is 8.00. The molecule has 0 saturated heterocycles. The van der Waals surface area contributed by atoms with E-state index in [4.69, 9.17) is 4.52 Å². The molecule has 1 saturated carbocycles. The lowest BCUT2D eigenvalue weighted by molar-refractivity contribution is 0.102. The summed E-state index contributed by atoms with van der Waals surface area (Å²) in [5.74, 6) is 0.245. The Balaban J connectivity index is 1.52. The van der Waals surface area contributed by atoms with Crippen molar-refractivity contribution in [3.63, 3.8) is 0 Å². The first kappa shape index (κ1) is 16.7. The van der Waals surface area contributed by atoms with Crippen molar-refractivity contribution in [2.75, 3.05) is 11.6 Å². The lowest BCUT2D eigenvalue weighted by Gasteiger charge is -2.08. The van der Waals surface area contributed by atoms with Gasteiger partial charge in [-0.15, -0.1) is 11.3 Å². The summed E-state index contributed by atoms with van der Waals surface area (Å²) in [5.41, 5.74) is 4.27. The maximum absolute atomic E-state index is 13.0. The normalized spacial score (nSPS) is 14.1. The Morgan fingerprint density at radius 3 is 2.93 bits per heavy atom. The summed E-state index contributed by atoms with van der Waals surface area (Å²) in [6.07, 6.45) is 4.22. The van der Waals surface area contributed by atoms with Crippen molar-refractivity contribution in [1.29, 1.82) is 0 Å². The van der Waals surface area contributed by atoms with Crippen molar-refractivity contribution in [3.8, 4) is 0 Å². The van der Waals surface area contributed by atoms with Crippen molar-refractivity contribution >= 4 is 56.0 Å². The highest BCUT2D eigenvalue weighted by Crippen LogP contribution is 2.40. The average molecular weight is 396 g/mol. The molecule has 5 rings (SSSR count). The van der Waals surface area contributed by atoms with Gasteiger partial charge in [-0.1, -0.05) is 16.9 Å². The number of aryl methyl sites for hydroxylation is 1. The molecule has 1 aliphatic carbocycles. The van der Waals surface area contributed by atoms with E-state index in [1.165, 1.54) is 0 Å². The van der Waals surface area contributed by atoms with Gasteiger partial charge in [-0.05, 0) is 50.3 Å². The van der Waals surface area contributed by atoms with Gasteiger partial charge in [0, 0.05) is 17.3 Å². The van der Waals surface area contributed by atoms with E-state index in [-0.39, 0.29) is 5.91 Å². The number of nitrogens with zero attached hydrogens (tertiary/aromatic N) is 3. The molecule has 136 valence electrons. The maximum Gasteiger partial charge on any atom is 0.259 e. The minimum absolute atomic E-state index is 0.176. The summed E-state index contributed by atoms with van der Waals surface area (Å²) in [6.45, 7) is 1.83. The van der Waals surface area contributed by atoms with Gasteiger partial charge in [0.1, 0.15) is 0 Å². The molecule has 27 heavy (non-hydrogen) atoms. The van der Waals surface area contributed by atoms with Crippen LogP contribution in [0.3, 0.4) is 0 Å². The predicted molar refractivity (Wildman–Crippen MR) is 108 cm³/mol. The molecule has 1 amide bonds. The van der Waals surface area contributed by atoms with E-state index in [2.05, 4.69) is 20.4 Å². The van der Waals surface area contributed by atoms with Crippen LogP contribution in [0.5, 0.6) is 0 Å². The number of thiazole rings is 1. The Bertz CT molecular complexity index is 1190. The highest BCUT2D eigenvalue weighted by atomic mass is 32.2. The molecule has 3 aromatic heterocycles. The fourth-order valence-corrected chi connectivity index (χ4v) is 4.68. The summed E-state index contributed by atoms with van der Waals surface area (Å²) in [5, 5.41) is 7.68. The van der Waals surface area contributed by atoms with Gasteiger partial charge >= 0.3 is 0 Å². The Morgan fingerprint density at radius 1 is 1.30 bits per heavy atom. The molecule has 0 bridgehead atoms. The van der Waals surface area contributed by atoms with Gasteiger partial charge in [-0.3, -0.25) is 4.79 Å². The van der Waals surface area contributed by atoms with Crippen LogP contribution in [0.2, 0.25) is 0 Å². The zero-order valence-electron chi connectivity index (χ0n) is 14.8. The summed E-state index contributed by atoms with van der Waals surface area (Å²) < 4.78 is 7.40. The molecular weight excluding hydrogens is 380 g/mol. The number of rotatable bonds is 4. The van der Waals surface area contributed by atoms with Crippen LogP contribution in [-0.2, 0) is 0 Å². The topological polar surface area (TPSA) is 80.9 Å². The van der Waals surface area contributed by atoms with Gasteiger partial charge in [0.2, 0.25) is 0 Å². The molecule has 0 spiro atoms. The third-order valence-corrected chi connectivity index (χ3v) is 6.68. The van der Waals surface area contributed by atoms with E-state index in [1.807, 2.05) is 37.4 Å². The molecule has 0 atom stereocenters. The largest absolute Gasteiger partial charge is 0.336 e. The fourth-order valence-electron chi connectivity index (χ4n) is 3.15. The van der Waals surface area contributed by atoms with Crippen LogP contribution < -0.4 is 5.32 Å². The molecule has 0 aliphatic heterocycles. The number of benzene rings is 1. The molecule has 3 heterocycles. The number of carbonyl (C=O) groups excluding carboxylic acids is 1. The van der Waals surface area contributed by atoms with Crippen molar-refractivity contribution in [1.82, 2.24) is 15.1 Å². The zero-order chi connectivity index (χ0) is 18.5. The molecule has 6 nitrogen and oxygen atoms in total. The lowest BCUT2D eigenvalue weighted by atomic mass is 10.1. The Morgan fingerprint density at radius 2 is 2.15 bits per heavy atom. The molecule has 4 aromatic rings. The Hall–Kier alpha value is -2.45. The van der Waals surface area contributed by atoms with E-state index >= 15 is 0 Å². The highest BCUT2D eigenvalue weighted by Gasteiger charge is 2.28. The Kier molecular flexibility index (Phi) is 3.91. The molecule has 0 radical (unpaired) electrons. The second-order valence-electron chi connectivity index (χ2n) is 6.64. The Labute approximate surface area is 163 Å². The van der Waals surface area contributed by atoms with Gasteiger partial charge in [0.05, 0.1) is 26.9 Å². The standard InChI is InChI=1S/C19H16N4O2S2/c1-9-16-12(8-14(10-3-4-10)21-18(16)25-23-9)17(24)20-11-5-6-13-15(7-11)27-19(22-13)26-2/h5-8,10H,3-4H2,1-2H3,(H,20,24). The fraction of sp³-hybridized carbons (Fsp3) is 0.263.